The monoisotopic (exact) mass is 244 g/mol. The van der Waals surface area contributed by atoms with Crippen LogP contribution in [0, 0.1) is 11.6 Å². The van der Waals surface area contributed by atoms with Crippen molar-refractivity contribution in [1.29, 1.82) is 0 Å². The number of carbonyl (C=O) groups excluding carboxylic acids is 1. The van der Waals surface area contributed by atoms with Crippen molar-refractivity contribution < 1.29 is 18.3 Å². The lowest BCUT2D eigenvalue weighted by atomic mass is 10.2. The molecular weight excluding hydrogens is 230 g/mol. The topological polar surface area (TPSA) is 64.3 Å². The number of anilines is 1. The minimum atomic E-state index is -0.910. The smallest absolute Gasteiger partial charge is 0.260 e. The molecule has 0 saturated heterocycles. The quantitative estimate of drug-likeness (QED) is 0.788. The lowest BCUT2D eigenvalue weighted by molar-refractivity contribution is -0.127. The van der Waals surface area contributed by atoms with E-state index in [1.54, 1.807) is 6.92 Å². The number of amides is 1. The molecule has 0 aliphatic carbocycles. The number of nitrogens with one attached hydrogen (secondary N) is 1. The van der Waals surface area contributed by atoms with E-state index in [1.807, 2.05) is 0 Å². The summed E-state index contributed by atoms with van der Waals surface area (Å²) in [5, 5.41) is 2.51. The third-order valence-electron chi connectivity index (χ3n) is 2.08. The summed E-state index contributed by atoms with van der Waals surface area (Å²) in [6.07, 6.45) is -0.910. The molecule has 1 aromatic rings. The Morgan fingerprint density at radius 1 is 1.47 bits per heavy atom. The Labute approximate surface area is 97.8 Å². The lowest BCUT2D eigenvalue weighted by Gasteiger charge is -2.14. The number of hydrogen-bond donors (Lipinski definition) is 2. The van der Waals surface area contributed by atoms with E-state index in [-0.39, 0.29) is 11.4 Å². The van der Waals surface area contributed by atoms with Crippen molar-refractivity contribution in [3.05, 3.63) is 23.8 Å². The Balaban J connectivity index is 2.81. The van der Waals surface area contributed by atoms with Crippen molar-refractivity contribution in [2.45, 2.75) is 20.0 Å². The van der Waals surface area contributed by atoms with Gasteiger partial charge < -0.3 is 15.8 Å². The van der Waals surface area contributed by atoms with Crippen LogP contribution in [0.5, 0.6) is 5.75 Å². The highest BCUT2D eigenvalue weighted by atomic mass is 19.1. The molecule has 0 saturated carbocycles. The molecule has 0 aliphatic rings. The number of benzene rings is 1. The van der Waals surface area contributed by atoms with Gasteiger partial charge in [-0.1, -0.05) is 0 Å². The molecule has 1 rings (SSSR count). The summed E-state index contributed by atoms with van der Waals surface area (Å²) < 4.78 is 31.4. The summed E-state index contributed by atoms with van der Waals surface area (Å²) >= 11 is 0. The molecule has 17 heavy (non-hydrogen) atoms. The standard InChI is InChI=1S/C11H14F2N2O2/c1-3-15-11(16)6(2)17-10-5-7(12)9(14)4-8(10)13/h4-6H,3,14H2,1-2H3,(H,15,16). The van der Waals surface area contributed by atoms with E-state index in [0.29, 0.717) is 6.54 Å². The van der Waals surface area contributed by atoms with Gasteiger partial charge in [0.1, 0.15) is 5.82 Å². The van der Waals surface area contributed by atoms with Crippen LogP contribution < -0.4 is 15.8 Å². The van der Waals surface area contributed by atoms with Crippen molar-refractivity contribution in [3.63, 3.8) is 0 Å². The predicted molar refractivity (Wildman–Crippen MR) is 59.5 cm³/mol. The number of nitrogens with two attached hydrogens (primary N) is 1. The molecule has 0 radical (unpaired) electrons. The van der Waals surface area contributed by atoms with Gasteiger partial charge in [-0.05, 0) is 13.8 Å². The normalized spacial score (nSPS) is 12.0. The number of halogens is 2. The molecule has 0 spiro atoms. The molecular formula is C11H14F2N2O2. The molecule has 0 aliphatic heterocycles. The van der Waals surface area contributed by atoms with E-state index in [0.717, 1.165) is 12.1 Å². The first-order valence-corrected chi connectivity index (χ1v) is 5.14. The predicted octanol–water partition coefficient (Wildman–Crippen LogP) is 1.45. The molecule has 0 bridgehead atoms. The van der Waals surface area contributed by atoms with Crippen LogP contribution in [0.3, 0.4) is 0 Å². The minimum absolute atomic E-state index is 0.305. The highest BCUT2D eigenvalue weighted by Gasteiger charge is 2.17. The summed E-state index contributed by atoms with van der Waals surface area (Å²) in [4.78, 5) is 11.3. The van der Waals surface area contributed by atoms with Crippen LogP contribution in [0.15, 0.2) is 12.1 Å². The van der Waals surface area contributed by atoms with E-state index in [2.05, 4.69) is 5.32 Å². The summed E-state index contributed by atoms with van der Waals surface area (Å²) in [7, 11) is 0. The average molecular weight is 244 g/mol. The highest BCUT2D eigenvalue weighted by Crippen LogP contribution is 2.23. The first kappa shape index (κ1) is 13.2. The van der Waals surface area contributed by atoms with Gasteiger partial charge in [0.25, 0.3) is 5.91 Å². The summed E-state index contributed by atoms with van der Waals surface area (Å²) in [5.74, 6) is -2.33. The molecule has 1 amide bonds. The van der Waals surface area contributed by atoms with E-state index in [9.17, 15) is 13.6 Å². The van der Waals surface area contributed by atoms with Crippen LogP contribution in [0.1, 0.15) is 13.8 Å². The highest BCUT2D eigenvalue weighted by molar-refractivity contribution is 5.80. The fourth-order valence-electron chi connectivity index (χ4n) is 1.20. The van der Waals surface area contributed by atoms with E-state index < -0.39 is 23.6 Å². The lowest BCUT2D eigenvalue weighted by Crippen LogP contribution is -2.36. The Morgan fingerprint density at radius 3 is 2.71 bits per heavy atom. The second-order valence-corrected chi connectivity index (χ2v) is 3.46. The van der Waals surface area contributed by atoms with Gasteiger partial charge in [-0.15, -0.1) is 0 Å². The van der Waals surface area contributed by atoms with Crippen molar-refractivity contribution in [1.82, 2.24) is 5.32 Å². The van der Waals surface area contributed by atoms with Gasteiger partial charge in [-0.25, -0.2) is 8.78 Å². The zero-order valence-corrected chi connectivity index (χ0v) is 9.59. The Morgan fingerprint density at radius 2 is 2.12 bits per heavy atom. The summed E-state index contributed by atoms with van der Waals surface area (Å²) in [6, 6.07) is 1.63. The average Bonchev–Trinajstić information content (AvgIpc) is 2.26. The Kier molecular flexibility index (Phi) is 4.25. The second kappa shape index (κ2) is 5.47. The van der Waals surface area contributed by atoms with Gasteiger partial charge in [0.2, 0.25) is 0 Å². The first-order chi connectivity index (χ1) is 7.95. The van der Waals surface area contributed by atoms with Gasteiger partial charge in [-0.3, -0.25) is 4.79 Å². The third kappa shape index (κ3) is 3.30. The number of carbonyl (C=O) groups is 1. The van der Waals surface area contributed by atoms with Gasteiger partial charge in [0, 0.05) is 18.7 Å². The van der Waals surface area contributed by atoms with Crippen LogP contribution >= 0.6 is 0 Å². The maximum Gasteiger partial charge on any atom is 0.260 e. The molecule has 0 fully saturated rings. The number of rotatable bonds is 4. The SMILES string of the molecule is CCNC(=O)C(C)Oc1cc(F)c(N)cc1F. The number of nitrogen functional groups attached to an aromatic ring is 1. The molecule has 94 valence electrons. The molecule has 4 nitrogen and oxygen atoms in total. The second-order valence-electron chi connectivity index (χ2n) is 3.46. The van der Waals surface area contributed by atoms with Crippen LogP contribution in [0.25, 0.3) is 0 Å². The number of hydrogen-bond acceptors (Lipinski definition) is 3. The van der Waals surface area contributed by atoms with Crippen molar-refractivity contribution in [3.8, 4) is 5.75 Å². The van der Waals surface area contributed by atoms with E-state index in [1.165, 1.54) is 6.92 Å². The molecule has 1 aromatic carbocycles. The summed E-state index contributed by atoms with van der Waals surface area (Å²) in [5.41, 5.74) is 4.87. The molecule has 6 heteroatoms. The van der Waals surface area contributed by atoms with Crippen LogP contribution in [-0.2, 0) is 4.79 Å². The van der Waals surface area contributed by atoms with Crippen LogP contribution in [0.2, 0.25) is 0 Å². The van der Waals surface area contributed by atoms with Crippen molar-refractivity contribution in [2.75, 3.05) is 12.3 Å². The molecule has 1 atom stereocenters. The van der Waals surface area contributed by atoms with Gasteiger partial charge >= 0.3 is 0 Å². The van der Waals surface area contributed by atoms with Crippen LogP contribution in [-0.4, -0.2) is 18.6 Å². The van der Waals surface area contributed by atoms with E-state index in [4.69, 9.17) is 10.5 Å². The van der Waals surface area contributed by atoms with Crippen molar-refractivity contribution >= 4 is 11.6 Å². The number of likely N-dealkylation sites (N-methyl/N-ethyl adjacent to an activating group) is 1. The maximum atomic E-state index is 13.3. The molecule has 0 aromatic heterocycles. The molecule has 0 heterocycles. The number of ether oxygens (including phenoxy) is 1. The Hall–Kier alpha value is -1.85. The summed E-state index contributed by atoms with van der Waals surface area (Å²) in [6.45, 7) is 3.62. The van der Waals surface area contributed by atoms with E-state index >= 15 is 0 Å². The first-order valence-electron chi connectivity index (χ1n) is 5.14. The van der Waals surface area contributed by atoms with Gasteiger partial charge in [0.15, 0.2) is 17.7 Å². The third-order valence-corrected chi connectivity index (χ3v) is 2.08. The zero-order valence-electron chi connectivity index (χ0n) is 9.59. The molecule has 1 unspecified atom stereocenters. The minimum Gasteiger partial charge on any atom is -0.478 e. The molecule has 3 N–H and O–H groups in total. The largest absolute Gasteiger partial charge is 0.478 e. The maximum absolute atomic E-state index is 13.3. The zero-order chi connectivity index (χ0) is 13.0. The Bertz CT molecular complexity index is 424. The fourth-order valence-corrected chi connectivity index (χ4v) is 1.20. The van der Waals surface area contributed by atoms with Crippen LogP contribution in [0.4, 0.5) is 14.5 Å². The fraction of sp³-hybridized carbons (Fsp3) is 0.364. The van der Waals surface area contributed by atoms with Gasteiger partial charge in [0.05, 0.1) is 5.69 Å². The van der Waals surface area contributed by atoms with Gasteiger partial charge in [-0.2, -0.15) is 0 Å². The van der Waals surface area contributed by atoms with Crippen molar-refractivity contribution in [2.24, 2.45) is 0 Å².